The van der Waals surface area contributed by atoms with Crippen molar-refractivity contribution in [2.24, 2.45) is 0 Å². The van der Waals surface area contributed by atoms with Gasteiger partial charge in [-0.25, -0.2) is 0 Å². The fraction of sp³-hybridized carbons (Fsp3) is 1.00. The van der Waals surface area contributed by atoms with Crippen molar-refractivity contribution in [2.45, 2.75) is 0 Å². The van der Waals surface area contributed by atoms with Crippen molar-refractivity contribution in [2.75, 3.05) is 20.3 Å². The summed E-state index contributed by atoms with van der Waals surface area (Å²) in [5.41, 5.74) is 0. The first-order valence-corrected chi connectivity index (χ1v) is 4.38. The van der Waals surface area contributed by atoms with Gasteiger partial charge in [-0.2, -0.15) is 0 Å². The summed E-state index contributed by atoms with van der Waals surface area (Å²) in [5, 5.41) is 0. The number of rotatable bonds is 4. The molecule has 0 fully saturated rings. The van der Waals surface area contributed by atoms with Crippen LogP contribution in [0.5, 0.6) is 0 Å². The molecule has 1 unspecified atom stereocenters. The molecule has 1 atom stereocenters. The molecule has 0 aliphatic heterocycles. The zero-order valence-corrected chi connectivity index (χ0v) is 6.32. The minimum atomic E-state index is -1.75. The van der Waals surface area contributed by atoms with E-state index in [1.54, 1.807) is 7.11 Å². The van der Waals surface area contributed by atoms with Gasteiger partial charge in [0.15, 0.2) is 0 Å². The van der Waals surface area contributed by atoms with Crippen molar-refractivity contribution >= 4 is 19.5 Å². The van der Waals surface area contributed by atoms with Crippen LogP contribution < -0.4 is 0 Å². The standard InChI is InChI=1S/C3H7O3PS/c1-5-2-3-6-7(4)8/h2-3H2,1H3/p+1. The van der Waals surface area contributed by atoms with Crippen LogP contribution >= 0.6 is 19.5 Å². The van der Waals surface area contributed by atoms with Crippen molar-refractivity contribution in [3.63, 3.8) is 0 Å². The van der Waals surface area contributed by atoms with Crippen LogP contribution in [0, 0.1) is 0 Å². The molecule has 8 heavy (non-hydrogen) atoms. The molecule has 0 aromatic rings. The molecule has 0 aromatic heterocycles. The predicted octanol–water partition coefficient (Wildman–Crippen LogP) is 1.24. The van der Waals surface area contributed by atoms with Crippen LogP contribution in [0.4, 0.5) is 0 Å². The van der Waals surface area contributed by atoms with E-state index < -0.39 is 7.23 Å². The van der Waals surface area contributed by atoms with Crippen molar-refractivity contribution in [1.82, 2.24) is 0 Å². The Labute approximate surface area is 54.4 Å². The molecule has 5 heteroatoms. The zero-order chi connectivity index (χ0) is 6.41. The van der Waals surface area contributed by atoms with E-state index in [1.165, 1.54) is 0 Å². The van der Waals surface area contributed by atoms with E-state index in [2.05, 4.69) is 21.5 Å². The molecule has 0 aromatic carbocycles. The van der Waals surface area contributed by atoms with Crippen LogP contribution in [0.2, 0.25) is 0 Å². The number of thiol groups is 1. The van der Waals surface area contributed by atoms with Gasteiger partial charge in [0, 0.05) is 7.11 Å². The Morgan fingerprint density at radius 1 is 1.62 bits per heavy atom. The fourth-order valence-electron chi connectivity index (χ4n) is 0.199. The largest absolute Gasteiger partial charge is 0.582 e. The first-order valence-electron chi connectivity index (χ1n) is 2.05. The van der Waals surface area contributed by atoms with Gasteiger partial charge in [0.2, 0.25) is 0 Å². The first kappa shape index (κ1) is 8.37. The van der Waals surface area contributed by atoms with Crippen LogP contribution in [0.25, 0.3) is 0 Å². The Balaban J connectivity index is 2.82. The number of ether oxygens (including phenoxy) is 1. The van der Waals surface area contributed by atoms with Crippen LogP contribution in [0.1, 0.15) is 0 Å². The lowest BCUT2D eigenvalue weighted by Gasteiger charge is -1.87. The lowest BCUT2D eigenvalue weighted by molar-refractivity contribution is 0.152. The second-order valence-electron chi connectivity index (χ2n) is 1.06. The maximum Gasteiger partial charge on any atom is 0.582 e. The highest BCUT2D eigenvalue weighted by Gasteiger charge is 2.06. The maximum atomic E-state index is 10.1. The number of hydrogen-bond acceptors (Lipinski definition) is 3. The highest BCUT2D eigenvalue weighted by Crippen LogP contribution is 2.25. The lowest BCUT2D eigenvalue weighted by Crippen LogP contribution is -1.94. The molecular weight excluding hydrogens is 147 g/mol. The van der Waals surface area contributed by atoms with Gasteiger partial charge in [-0.1, -0.05) is 0 Å². The normalized spacial score (nSPS) is 11.5. The third-order valence-electron chi connectivity index (χ3n) is 0.489. The summed E-state index contributed by atoms with van der Waals surface area (Å²) < 4.78 is 19.2. The van der Waals surface area contributed by atoms with Gasteiger partial charge in [0.25, 0.3) is 0 Å². The van der Waals surface area contributed by atoms with Gasteiger partial charge in [-0.05, 0) is 4.57 Å². The molecule has 48 valence electrons. The van der Waals surface area contributed by atoms with Gasteiger partial charge in [0.1, 0.15) is 18.9 Å². The third kappa shape index (κ3) is 6.37. The van der Waals surface area contributed by atoms with E-state index >= 15 is 0 Å². The monoisotopic (exact) mass is 155 g/mol. The molecule has 0 rings (SSSR count). The van der Waals surface area contributed by atoms with Crippen LogP contribution in [-0.2, 0) is 13.8 Å². The van der Waals surface area contributed by atoms with Gasteiger partial charge in [-0.3, -0.25) is 0 Å². The van der Waals surface area contributed by atoms with Gasteiger partial charge in [0.05, 0.1) is 6.61 Å². The summed E-state index contributed by atoms with van der Waals surface area (Å²) in [6.07, 6.45) is 0. The maximum absolute atomic E-state index is 10.1. The number of methoxy groups -OCH3 is 1. The van der Waals surface area contributed by atoms with Crippen LogP contribution in [0.15, 0.2) is 0 Å². The average Bonchev–Trinajstić information content (AvgIpc) is 1.66. The fourth-order valence-corrected chi connectivity index (χ4v) is 0.674. The van der Waals surface area contributed by atoms with E-state index in [0.717, 1.165) is 0 Å². The topological polar surface area (TPSA) is 35.5 Å². The summed E-state index contributed by atoms with van der Waals surface area (Å²) >= 11 is 3.50. The van der Waals surface area contributed by atoms with Crippen molar-refractivity contribution in [3.8, 4) is 0 Å². The van der Waals surface area contributed by atoms with E-state index in [-0.39, 0.29) is 0 Å². The van der Waals surface area contributed by atoms with Gasteiger partial charge in [-0.15, -0.1) is 4.52 Å². The highest BCUT2D eigenvalue weighted by atomic mass is 32.7. The smallest absolute Gasteiger partial charge is 0.382 e. The molecule has 0 bridgehead atoms. The molecule has 0 aliphatic carbocycles. The highest BCUT2D eigenvalue weighted by molar-refractivity contribution is 8.39. The molecule has 0 saturated carbocycles. The Morgan fingerprint density at radius 2 is 2.25 bits per heavy atom. The molecule has 0 radical (unpaired) electrons. The Hall–Kier alpha value is 0.370. The number of hydrogen-bond donors (Lipinski definition) is 1. The summed E-state index contributed by atoms with van der Waals surface area (Å²) in [7, 11) is -0.197. The van der Waals surface area contributed by atoms with Crippen LogP contribution in [-0.4, -0.2) is 20.3 Å². The van der Waals surface area contributed by atoms with E-state index in [0.29, 0.717) is 13.2 Å². The predicted molar refractivity (Wildman–Crippen MR) is 34.4 cm³/mol. The second-order valence-corrected chi connectivity index (χ2v) is 2.78. The molecule has 3 nitrogen and oxygen atoms in total. The van der Waals surface area contributed by atoms with Gasteiger partial charge >= 0.3 is 7.23 Å². The molecule has 0 aliphatic rings. The van der Waals surface area contributed by atoms with Crippen molar-refractivity contribution < 1.29 is 13.8 Å². The first-order chi connectivity index (χ1) is 3.77. The summed E-state index contributed by atoms with van der Waals surface area (Å²) in [4.78, 5) is 0. The van der Waals surface area contributed by atoms with E-state index in [4.69, 9.17) is 0 Å². The molecule has 0 N–H and O–H groups in total. The SMILES string of the molecule is COCCO[P+](=O)S. The van der Waals surface area contributed by atoms with Crippen molar-refractivity contribution in [3.05, 3.63) is 0 Å². The zero-order valence-electron chi connectivity index (χ0n) is 4.53. The van der Waals surface area contributed by atoms with Gasteiger partial charge < -0.3 is 4.74 Å². The van der Waals surface area contributed by atoms with Crippen LogP contribution in [0.3, 0.4) is 0 Å². The minimum absolute atomic E-state index is 0.342. The summed E-state index contributed by atoms with van der Waals surface area (Å²) in [6.45, 7) is 0.802. The molecular formula is C3H8O3PS+. The Bertz CT molecular complexity index is 76.9. The van der Waals surface area contributed by atoms with E-state index in [9.17, 15) is 4.57 Å². The average molecular weight is 155 g/mol. The van der Waals surface area contributed by atoms with Crippen molar-refractivity contribution in [1.29, 1.82) is 0 Å². The molecule has 0 saturated heterocycles. The molecule has 0 spiro atoms. The molecule has 0 amide bonds. The van der Waals surface area contributed by atoms with E-state index in [1.807, 2.05) is 0 Å². The minimum Gasteiger partial charge on any atom is -0.382 e. The Morgan fingerprint density at radius 3 is 2.62 bits per heavy atom. The lowest BCUT2D eigenvalue weighted by atomic mass is 10.8. The molecule has 0 heterocycles. The summed E-state index contributed by atoms with van der Waals surface area (Å²) in [5.74, 6) is 0. The third-order valence-corrected chi connectivity index (χ3v) is 1.24. The summed E-state index contributed by atoms with van der Waals surface area (Å²) in [6, 6.07) is 0. The quantitative estimate of drug-likeness (QED) is 0.377. The Kier molecular flexibility index (Phi) is 5.76. The second kappa shape index (κ2) is 5.51.